The van der Waals surface area contributed by atoms with E-state index in [1.54, 1.807) is 11.8 Å². The maximum absolute atomic E-state index is 12.9. The number of amides is 1. The van der Waals surface area contributed by atoms with Gasteiger partial charge < -0.3 is 10.1 Å². The Morgan fingerprint density at radius 1 is 1.17 bits per heavy atom. The molecule has 1 N–H and O–H groups in total. The number of hydrogen-bond donors (Lipinski definition) is 1. The number of carbonyl (C=O) groups excluding carboxylic acids is 1. The molecule has 0 unspecified atom stereocenters. The molecule has 0 aliphatic heterocycles. The number of fused-ring (bicyclic) bond motifs is 1. The van der Waals surface area contributed by atoms with E-state index in [4.69, 9.17) is 16.3 Å². The second kappa shape index (κ2) is 8.16. The van der Waals surface area contributed by atoms with Gasteiger partial charge in [-0.05, 0) is 49.2 Å². The summed E-state index contributed by atoms with van der Waals surface area (Å²) >= 11 is 6.66. The molecule has 0 saturated heterocycles. The van der Waals surface area contributed by atoms with Crippen molar-refractivity contribution >= 4 is 34.2 Å². The van der Waals surface area contributed by atoms with Gasteiger partial charge >= 0.3 is 0 Å². The first-order valence-corrected chi connectivity index (χ1v) is 9.98. The van der Waals surface area contributed by atoms with Crippen LogP contribution < -0.4 is 10.1 Å². The zero-order chi connectivity index (χ0) is 21.3. The summed E-state index contributed by atoms with van der Waals surface area (Å²) in [6, 6.07) is 15.2. The van der Waals surface area contributed by atoms with Gasteiger partial charge in [0.25, 0.3) is 5.91 Å². The van der Waals surface area contributed by atoms with Crippen LogP contribution in [-0.4, -0.2) is 27.8 Å². The number of nitrogens with zero attached hydrogens (tertiary/aromatic N) is 3. The van der Waals surface area contributed by atoms with Gasteiger partial charge in [0, 0.05) is 11.9 Å². The molecule has 0 aliphatic carbocycles. The molecule has 30 heavy (non-hydrogen) atoms. The van der Waals surface area contributed by atoms with E-state index >= 15 is 0 Å². The van der Waals surface area contributed by atoms with E-state index in [9.17, 15) is 4.79 Å². The highest BCUT2D eigenvalue weighted by Gasteiger charge is 2.20. The molecule has 7 heteroatoms. The lowest BCUT2D eigenvalue weighted by atomic mass is 10.1. The highest BCUT2D eigenvalue weighted by atomic mass is 35.5. The Kier molecular flexibility index (Phi) is 5.42. The summed E-state index contributed by atoms with van der Waals surface area (Å²) in [4.78, 5) is 17.4. The van der Waals surface area contributed by atoms with Gasteiger partial charge in [0.05, 0.1) is 34.5 Å². The fourth-order valence-electron chi connectivity index (χ4n) is 3.41. The Labute approximate surface area is 179 Å². The first kappa shape index (κ1) is 19.9. The van der Waals surface area contributed by atoms with Gasteiger partial charge in [-0.15, -0.1) is 0 Å². The normalized spacial score (nSPS) is 10.9. The third-order valence-corrected chi connectivity index (χ3v) is 5.41. The lowest BCUT2D eigenvalue weighted by molar-refractivity contribution is 0.102. The Morgan fingerprint density at radius 2 is 1.90 bits per heavy atom. The van der Waals surface area contributed by atoms with Crippen LogP contribution in [-0.2, 0) is 6.42 Å². The van der Waals surface area contributed by atoms with Gasteiger partial charge in [-0.25, -0.2) is 9.67 Å². The monoisotopic (exact) mass is 420 g/mol. The van der Waals surface area contributed by atoms with Crippen molar-refractivity contribution in [2.45, 2.75) is 20.3 Å². The summed E-state index contributed by atoms with van der Waals surface area (Å²) in [7, 11) is 1.62. The molecule has 0 aliphatic rings. The molecular weight excluding hydrogens is 400 g/mol. The molecule has 152 valence electrons. The van der Waals surface area contributed by atoms with Crippen LogP contribution in [0, 0.1) is 6.92 Å². The summed E-state index contributed by atoms with van der Waals surface area (Å²) in [6.07, 6.45) is 2.31. The minimum atomic E-state index is -0.299. The molecule has 4 aromatic rings. The third-order valence-electron chi connectivity index (χ3n) is 5.02. The van der Waals surface area contributed by atoms with Crippen molar-refractivity contribution in [2.24, 2.45) is 0 Å². The van der Waals surface area contributed by atoms with Crippen LogP contribution in [0.5, 0.6) is 5.75 Å². The molecule has 2 aromatic carbocycles. The van der Waals surface area contributed by atoms with E-state index in [2.05, 4.69) is 15.4 Å². The molecule has 0 radical (unpaired) electrons. The minimum absolute atomic E-state index is 0.299. The van der Waals surface area contributed by atoms with Crippen molar-refractivity contribution in [1.82, 2.24) is 14.8 Å². The maximum atomic E-state index is 12.9. The van der Waals surface area contributed by atoms with E-state index < -0.39 is 0 Å². The lowest BCUT2D eigenvalue weighted by Crippen LogP contribution is -2.14. The molecule has 2 aromatic heterocycles. The molecule has 0 spiro atoms. The van der Waals surface area contributed by atoms with Crippen LogP contribution in [0.3, 0.4) is 0 Å². The van der Waals surface area contributed by atoms with E-state index in [1.165, 1.54) is 6.20 Å². The number of carbonyl (C=O) groups is 1. The van der Waals surface area contributed by atoms with Gasteiger partial charge in [0.2, 0.25) is 0 Å². The second-order valence-corrected chi connectivity index (χ2v) is 7.22. The molecule has 0 saturated carbocycles. The Hall–Kier alpha value is -3.38. The van der Waals surface area contributed by atoms with E-state index in [0.29, 0.717) is 27.3 Å². The van der Waals surface area contributed by atoms with Crippen LogP contribution in [0.1, 0.15) is 28.5 Å². The molecule has 4 rings (SSSR count). The van der Waals surface area contributed by atoms with Crippen LogP contribution in [0.25, 0.3) is 16.7 Å². The largest absolute Gasteiger partial charge is 0.497 e. The predicted octanol–water partition coefficient (Wildman–Crippen LogP) is 5.21. The zero-order valence-electron chi connectivity index (χ0n) is 16.9. The van der Waals surface area contributed by atoms with E-state index in [-0.39, 0.29) is 5.91 Å². The third kappa shape index (κ3) is 3.50. The molecule has 6 nitrogen and oxygen atoms in total. The average molecular weight is 421 g/mol. The molecule has 1 amide bonds. The number of anilines is 1. The number of pyridine rings is 1. The number of aryl methyl sites for hydroxylation is 2. The number of rotatable bonds is 5. The van der Waals surface area contributed by atoms with Crippen molar-refractivity contribution in [1.29, 1.82) is 0 Å². The van der Waals surface area contributed by atoms with Gasteiger partial charge in [-0.1, -0.05) is 36.7 Å². The Morgan fingerprint density at radius 3 is 2.60 bits per heavy atom. The predicted molar refractivity (Wildman–Crippen MR) is 119 cm³/mol. The number of nitrogens with one attached hydrogen (secondary N) is 1. The van der Waals surface area contributed by atoms with Crippen LogP contribution in [0.4, 0.5) is 5.69 Å². The van der Waals surface area contributed by atoms with Crippen molar-refractivity contribution in [3.8, 4) is 11.4 Å². The average Bonchev–Trinajstić information content (AvgIpc) is 3.11. The van der Waals surface area contributed by atoms with Crippen molar-refractivity contribution in [3.63, 3.8) is 0 Å². The quantitative estimate of drug-likeness (QED) is 0.481. The number of ether oxygens (including phenoxy) is 1. The maximum Gasteiger partial charge on any atom is 0.258 e. The number of methoxy groups -OCH3 is 1. The Bertz CT molecular complexity index is 1230. The Balaban J connectivity index is 1.74. The minimum Gasteiger partial charge on any atom is -0.497 e. The summed E-state index contributed by atoms with van der Waals surface area (Å²) < 4.78 is 6.93. The number of halogens is 1. The molecule has 0 atom stereocenters. The zero-order valence-corrected chi connectivity index (χ0v) is 17.7. The fourth-order valence-corrected chi connectivity index (χ4v) is 3.77. The van der Waals surface area contributed by atoms with E-state index in [0.717, 1.165) is 29.1 Å². The van der Waals surface area contributed by atoms with Gasteiger partial charge in [0.1, 0.15) is 5.75 Å². The molecular formula is C23H21ClN4O2. The lowest BCUT2D eigenvalue weighted by Gasteiger charge is -2.11. The second-order valence-electron chi connectivity index (χ2n) is 6.84. The summed E-state index contributed by atoms with van der Waals surface area (Å²) in [6.45, 7) is 3.90. The van der Waals surface area contributed by atoms with Crippen molar-refractivity contribution < 1.29 is 9.53 Å². The number of benzene rings is 2. The summed E-state index contributed by atoms with van der Waals surface area (Å²) in [5, 5.41) is 8.53. The SMILES string of the molecule is CCc1ccccc1NC(=O)c1cnc2c(c(C)nn2-c2ccc(OC)cc2)c1Cl. The number of hydrogen-bond acceptors (Lipinski definition) is 4. The van der Waals surface area contributed by atoms with Crippen LogP contribution >= 0.6 is 11.6 Å². The summed E-state index contributed by atoms with van der Waals surface area (Å²) in [5.74, 6) is 0.455. The van der Waals surface area contributed by atoms with Crippen molar-refractivity contribution in [3.05, 3.63) is 76.6 Å². The van der Waals surface area contributed by atoms with Crippen LogP contribution in [0.2, 0.25) is 5.02 Å². The van der Waals surface area contributed by atoms with Gasteiger partial charge in [-0.3, -0.25) is 4.79 Å². The first-order valence-electron chi connectivity index (χ1n) is 9.61. The fraction of sp³-hybridized carbons (Fsp3) is 0.174. The molecule has 0 bridgehead atoms. The highest BCUT2D eigenvalue weighted by Crippen LogP contribution is 2.31. The van der Waals surface area contributed by atoms with Gasteiger partial charge in [-0.2, -0.15) is 5.10 Å². The van der Waals surface area contributed by atoms with Gasteiger partial charge in [0.15, 0.2) is 5.65 Å². The molecule has 2 heterocycles. The standard InChI is InChI=1S/C23H21ClN4O2/c1-4-15-7-5-6-8-19(15)26-23(29)18-13-25-22-20(21(18)24)14(2)27-28(22)16-9-11-17(30-3)12-10-16/h5-13H,4H2,1-3H3,(H,26,29). The number of para-hydroxylation sites is 1. The topological polar surface area (TPSA) is 69.0 Å². The smallest absolute Gasteiger partial charge is 0.258 e. The van der Waals surface area contributed by atoms with Crippen molar-refractivity contribution in [2.75, 3.05) is 12.4 Å². The molecule has 0 fully saturated rings. The highest BCUT2D eigenvalue weighted by molar-refractivity contribution is 6.39. The number of aromatic nitrogens is 3. The first-order chi connectivity index (χ1) is 14.5. The van der Waals surface area contributed by atoms with Crippen LogP contribution in [0.15, 0.2) is 54.7 Å². The summed E-state index contributed by atoms with van der Waals surface area (Å²) in [5.41, 5.74) is 4.25. The van der Waals surface area contributed by atoms with E-state index in [1.807, 2.05) is 62.4 Å².